The molecule has 0 bridgehead atoms. The Kier molecular flexibility index (Phi) is 7.81. The van der Waals surface area contributed by atoms with Crippen LogP contribution < -0.4 is 5.32 Å². The molecule has 2 N–H and O–H groups in total. The third-order valence-electron chi connectivity index (χ3n) is 1.92. The van der Waals surface area contributed by atoms with Crippen molar-refractivity contribution in [3.05, 3.63) is 0 Å². The zero-order chi connectivity index (χ0) is 10.2. The highest BCUT2D eigenvalue weighted by Gasteiger charge is 2.18. The number of rotatable bonds is 8. The van der Waals surface area contributed by atoms with Crippen LogP contribution in [0.2, 0.25) is 0 Å². The van der Waals surface area contributed by atoms with Gasteiger partial charge in [0, 0.05) is 12.3 Å². The lowest BCUT2D eigenvalue weighted by Crippen LogP contribution is -2.40. The zero-order valence-electron chi connectivity index (χ0n) is 9.10. The zero-order valence-corrected chi connectivity index (χ0v) is 9.91. The van der Waals surface area contributed by atoms with Crippen LogP contribution in [0.1, 0.15) is 33.1 Å². The van der Waals surface area contributed by atoms with E-state index in [2.05, 4.69) is 12.2 Å². The number of hydrogen-bond donors (Lipinski definition) is 2. The van der Waals surface area contributed by atoms with Crippen LogP contribution in [-0.2, 0) is 0 Å². The molecule has 2 nitrogen and oxygen atoms in total. The largest absolute Gasteiger partial charge is 0.388 e. The van der Waals surface area contributed by atoms with Gasteiger partial charge in [-0.3, -0.25) is 0 Å². The first kappa shape index (κ1) is 13.3. The highest BCUT2D eigenvalue weighted by molar-refractivity contribution is 7.98. The molecule has 0 radical (unpaired) electrons. The number of aliphatic hydroxyl groups is 1. The van der Waals surface area contributed by atoms with Gasteiger partial charge in [-0.2, -0.15) is 11.8 Å². The Labute approximate surface area is 86.5 Å². The Bertz CT molecular complexity index is 117. The van der Waals surface area contributed by atoms with Gasteiger partial charge in [0.1, 0.15) is 0 Å². The fraction of sp³-hybridized carbons (Fsp3) is 1.00. The number of unbranched alkanes of at least 4 members (excludes halogenated alkanes) is 2. The molecule has 0 rings (SSSR count). The molecule has 0 aromatic rings. The van der Waals surface area contributed by atoms with Crippen LogP contribution in [0.3, 0.4) is 0 Å². The van der Waals surface area contributed by atoms with Gasteiger partial charge in [0.05, 0.1) is 5.60 Å². The third kappa shape index (κ3) is 8.60. The maximum atomic E-state index is 9.79. The van der Waals surface area contributed by atoms with E-state index in [-0.39, 0.29) is 0 Å². The molecule has 0 amide bonds. The van der Waals surface area contributed by atoms with E-state index in [1.54, 1.807) is 11.8 Å². The first-order valence-corrected chi connectivity index (χ1v) is 6.44. The predicted molar refractivity (Wildman–Crippen MR) is 61.4 cm³/mol. The molecule has 0 saturated carbocycles. The number of nitrogens with one attached hydrogen (secondary N) is 1. The maximum Gasteiger partial charge on any atom is 0.0833 e. The first-order chi connectivity index (χ1) is 6.12. The Balaban J connectivity index is 3.29. The summed E-state index contributed by atoms with van der Waals surface area (Å²) in [4.78, 5) is 0. The molecule has 3 heteroatoms. The molecule has 0 aliphatic rings. The summed E-state index contributed by atoms with van der Waals surface area (Å²) < 4.78 is 0. The summed E-state index contributed by atoms with van der Waals surface area (Å²) in [5.41, 5.74) is -0.550. The number of hydrogen-bond acceptors (Lipinski definition) is 3. The van der Waals surface area contributed by atoms with E-state index in [9.17, 15) is 5.11 Å². The van der Waals surface area contributed by atoms with Crippen molar-refractivity contribution < 1.29 is 5.11 Å². The minimum absolute atomic E-state index is 0.550. The summed E-state index contributed by atoms with van der Waals surface area (Å²) in [6.07, 6.45) is 5.76. The molecule has 0 saturated heterocycles. The molecule has 0 aliphatic heterocycles. The van der Waals surface area contributed by atoms with Gasteiger partial charge in [-0.25, -0.2) is 0 Å². The van der Waals surface area contributed by atoms with E-state index < -0.39 is 5.60 Å². The normalized spacial score (nSPS) is 15.7. The first-order valence-electron chi connectivity index (χ1n) is 5.04. The second-order valence-corrected chi connectivity index (χ2v) is 4.68. The van der Waals surface area contributed by atoms with Gasteiger partial charge < -0.3 is 10.4 Å². The highest BCUT2D eigenvalue weighted by Crippen LogP contribution is 2.08. The molecule has 1 atom stereocenters. The van der Waals surface area contributed by atoms with Crippen LogP contribution in [0.15, 0.2) is 0 Å². The van der Waals surface area contributed by atoms with Crippen molar-refractivity contribution in [2.75, 3.05) is 25.1 Å². The summed E-state index contributed by atoms with van der Waals surface area (Å²) in [5.74, 6) is 0.799. The van der Waals surface area contributed by atoms with E-state index in [0.717, 1.165) is 12.3 Å². The quantitative estimate of drug-likeness (QED) is 0.593. The summed E-state index contributed by atoms with van der Waals surface area (Å²) in [7, 11) is 0. The Morgan fingerprint density at radius 2 is 2.08 bits per heavy atom. The van der Waals surface area contributed by atoms with Gasteiger partial charge in [-0.1, -0.05) is 19.8 Å². The predicted octanol–water partition coefficient (Wildman–Crippen LogP) is 1.88. The van der Waals surface area contributed by atoms with Crippen LogP contribution in [0.25, 0.3) is 0 Å². The topological polar surface area (TPSA) is 32.3 Å². The molecule has 0 heterocycles. The fourth-order valence-corrected chi connectivity index (χ4v) is 1.94. The Hall–Kier alpha value is 0.270. The average Bonchev–Trinajstić information content (AvgIpc) is 2.04. The Morgan fingerprint density at radius 3 is 2.62 bits per heavy atom. The van der Waals surface area contributed by atoms with Crippen molar-refractivity contribution in [3.63, 3.8) is 0 Å². The molecule has 0 aromatic carbocycles. The standard InChI is InChI=1S/C10H23NOS/c1-4-5-6-7-11-8-10(2,12)9-13-3/h11-12H,4-9H2,1-3H3. The molecule has 0 fully saturated rings. The van der Waals surface area contributed by atoms with Crippen molar-refractivity contribution in [3.8, 4) is 0 Å². The van der Waals surface area contributed by atoms with Gasteiger partial charge >= 0.3 is 0 Å². The molecular formula is C10H23NOS. The summed E-state index contributed by atoms with van der Waals surface area (Å²) >= 11 is 1.69. The fourth-order valence-electron chi connectivity index (χ4n) is 1.22. The SMILES string of the molecule is CCCCCNCC(C)(O)CSC. The Morgan fingerprint density at radius 1 is 1.38 bits per heavy atom. The smallest absolute Gasteiger partial charge is 0.0833 e. The molecule has 0 aromatic heterocycles. The molecule has 0 aliphatic carbocycles. The highest BCUT2D eigenvalue weighted by atomic mass is 32.2. The van der Waals surface area contributed by atoms with Crippen LogP contribution in [0, 0.1) is 0 Å². The van der Waals surface area contributed by atoms with Crippen LogP contribution in [0.4, 0.5) is 0 Å². The maximum absolute atomic E-state index is 9.79. The molecule has 80 valence electrons. The van der Waals surface area contributed by atoms with Crippen molar-refractivity contribution in [2.45, 2.75) is 38.7 Å². The molecule has 13 heavy (non-hydrogen) atoms. The lowest BCUT2D eigenvalue weighted by atomic mass is 10.1. The van der Waals surface area contributed by atoms with E-state index in [4.69, 9.17) is 0 Å². The summed E-state index contributed by atoms with van der Waals surface area (Å²) in [6, 6.07) is 0. The van der Waals surface area contributed by atoms with E-state index >= 15 is 0 Å². The van der Waals surface area contributed by atoms with Crippen LogP contribution in [0.5, 0.6) is 0 Å². The monoisotopic (exact) mass is 205 g/mol. The van der Waals surface area contributed by atoms with E-state index in [1.165, 1.54) is 19.3 Å². The molecule has 0 spiro atoms. The van der Waals surface area contributed by atoms with Crippen LogP contribution in [-0.4, -0.2) is 35.8 Å². The van der Waals surface area contributed by atoms with Gasteiger partial charge in [0.2, 0.25) is 0 Å². The molecule has 1 unspecified atom stereocenters. The third-order valence-corrected chi connectivity index (χ3v) is 2.83. The minimum Gasteiger partial charge on any atom is -0.388 e. The van der Waals surface area contributed by atoms with Gasteiger partial charge in [0.15, 0.2) is 0 Å². The lowest BCUT2D eigenvalue weighted by molar-refractivity contribution is 0.0850. The van der Waals surface area contributed by atoms with Gasteiger partial charge in [-0.05, 0) is 26.1 Å². The van der Waals surface area contributed by atoms with Crippen molar-refractivity contribution in [1.82, 2.24) is 5.32 Å². The van der Waals surface area contributed by atoms with Crippen LogP contribution >= 0.6 is 11.8 Å². The van der Waals surface area contributed by atoms with Gasteiger partial charge in [-0.15, -0.1) is 0 Å². The molecular weight excluding hydrogens is 182 g/mol. The van der Waals surface area contributed by atoms with Crippen molar-refractivity contribution in [2.24, 2.45) is 0 Å². The average molecular weight is 205 g/mol. The van der Waals surface area contributed by atoms with E-state index in [1.807, 2.05) is 13.2 Å². The summed E-state index contributed by atoms with van der Waals surface area (Å²) in [6.45, 7) is 5.82. The van der Waals surface area contributed by atoms with Gasteiger partial charge in [0.25, 0.3) is 0 Å². The second kappa shape index (κ2) is 7.65. The lowest BCUT2D eigenvalue weighted by Gasteiger charge is -2.22. The second-order valence-electron chi connectivity index (χ2n) is 3.81. The number of thioether (sulfide) groups is 1. The minimum atomic E-state index is -0.550. The van der Waals surface area contributed by atoms with E-state index in [0.29, 0.717) is 6.54 Å². The van der Waals surface area contributed by atoms with Crippen molar-refractivity contribution in [1.29, 1.82) is 0 Å². The summed E-state index contributed by atoms with van der Waals surface area (Å²) in [5, 5.41) is 13.1. The van der Waals surface area contributed by atoms with Crippen molar-refractivity contribution >= 4 is 11.8 Å².